The third-order valence-corrected chi connectivity index (χ3v) is 4.93. The van der Waals surface area contributed by atoms with Crippen LogP contribution in [0.3, 0.4) is 0 Å². The van der Waals surface area contributed by atoms with Crippen LogP contribution in [0, 0.1) is 0 Å². The van der Waals surface area contributed by atoms with Crippen LogP contribution < -0.4 is 0 Å². The summed E-state index contributed by atoms with van der Waals surface area (Å²) in [6.45, 7) is 11.1. The molecule has 2 aromatic rings. The van der Waals surface area contributed by atoms with E-state index in [4.69, 9.17) is 0 Å². The van der Waals surface area contributed by atoms with E-state index in [1.54, 1.807) is 0 Å². The zero-order valence-electron chi connectivity index (χ0n) is 17.6. The van der Waals surface area contributed by atoms with Gasteiger partial charge >= 0.3 is 0 Å². The fourth-order valence-corrected chi connectivity index (χ4v) is 3.43. The minimum absolute atomic E-state index is 0.0396. The molecule has 2 rings (SSSR count). The van der Waals surface area contributed by atoms with E-state index >= 15 is 0 Å². The van der Waals surface area contributed by atoms with Crippen LogP contribution in [0.5, 0.6) is 0 Å². The summed E-state index contributed by atoms with van der Waals surface area (Å²) in [6.07, 6.45) is 1.90. The molecule has 0 aromatic heterocycles. The molecular weight excluding hydrogens is 348 g/mol. The Kier molecular flexibility index (Phi) is 8.24. The van der Waals surface area contributed by atoms with Crippen molar-refractivity contribution >= 4 is 11.8 Å². The third-order valence-electron chi connectivity index (χ3n) is 4.93. The van der Waals surface area contributed by atoms with Gasteiger partial charge in [0.1, 0.15) is 0 Å². The molecule has 28 heavy (non-hydrogen) atoms. The van der Waals surface area contributed by atoms with E-state index in [2.05, 4.69) is 13.8 Å². The molecule has 150 valence electrons. The Bertz CT molecular complexity index is 773. The maximum Gasteiger partial charge on any atom is 0.254 e. The standard InChI is InChI=1S/C24H32N2O2/c1-5-17-26(18-6-2)23(27)20-15-13-19(14-16-20)21-11-9-10-12-22(21)24(28)25(7-3)8-4/h9-16H,5-8,17-18H2,1-4H3. The number of carbonyl (C=O) groups is 2. The fourth-order valence-electron chi connectivity index (χ4n) is 3.43. The summed E-state index contributed by atoms with van der Waals surface area (Å²) in [5, 5.41) is 0. The lowest BCUT2D eigenvalue weighted by Crippen LogP contribution is -2.32. The van der Waals surface area contributed by atoms with Crippen LogP contribution >= 0.6 is 0 Å². The Hall–Kier alpha value is -2.62. The van der Waals surface area contributed by atoms with Crippen molar-refractivity contribution in [1.29, 1.82) is 0 Å². The van der Waals surface area contributed by atoms with Crippen molar-refractivity contribution in [3.63, 3.8) is 0 Å². The van der Waals surface area contributed by atoms with Crippen LogP contribution in [0.15, 0.2) is 48.5 Å². The summed E-state index contributed by atoms with van der Waals surface area (Å²) in [6, 6.07) is 15.3. The first-order valence-corrected chi connectivity index (χ1v) is 10.3. The Morgan fingerprint density at radius 3 is 1.82 bits per heavy atom. The van der Waals surface area contributed by atoms with Crippen molar-refractivity contribution in [3.8, 4) is 11.1 Å². The van der Waals surface area contributed by atoms with Crippen LogP contribution in [0.1, 0.15) is 61.3 Å². The molecule has 4 heteroatoms. The van der Waals surface area contributed by atoms with Crippen LogP contribution in [0.2, 0.25) is 0 Å². The predicted octanol–water partition coefficient (Wildman–Crippen LogP) is 5.10. The van der Waals surface area contributed by atoms with Crippen LogP contribution in [-0.2, 0) is 0 Å². The molecule has 0 radical (unpaired) electrons. The number of rotatable bonds is 9. The van der Waals surface area contributed by atoms with Crippen LogP contribution in [0.25, 0.3) is 11.1 Å². The van der Waals surface area contributed by atoms with Crippen molar-refractivity contribution in [2.75, 3.05) is 26.2 Å². The molecule has 0 saturated carbocycles. The van der Waals surface area contributed by atoms with Gasteiger partial charge < -0.3 is 9.80 Å². The average molecular weight is 381 g/mol. The summed E-state index contributed by atoms with van der Waals surface area (Å²) in [5.74, 6) is 0.112. The molecule has 0 fully saturated rings. The quantitative estimate of drug-likeness (QED) is 0.607. The number of hydrogen-bond donors (Lipinski definition) is 0. The normalized spacial score (nSPS) is 10.6. The topological polar surface area (TPSA) is 40.6 Å². The van der Waals surface area contributed by atoms with Crippen molar-refractivity contribution in [2.45, 2.75) is 40.5 Å². The molecule has 4 nitrogen and oxygen atoms in total. The van der Waals surface area contributed by atoms with Gasteiger partial charge in [0, 0.05) is 37.3 Å². The van der Waals surface area contributed by atoms with Gasteiger partial charge in [-0.15, -0.1) is 0 Å². The van der Waals surface area contributed by atoms with Crippen LogP contribution in [-0.4, -0.2) is 47.8 Å². The van der Waals surface area contributed by atoms with E-state index in [9.17, 15) is 9.59 Å². The Balaban J connectivity index is 2.31. The van der Waals surface area contributed by atoms with Crippen molar-refractivity contribution in [3.05, 3.63) is 59.7 Å². The van der Waals surface area contributed by atoms with E-state index in [0.29, 0.717) is 24.2 Å². The number of hydrogen-bond acceptors (Lipinski definition) is 2. The van der Waals surface area contributed by atoms with E-state index in [0.717, 1.165) is 37.1 Å². The largest absolute Gasteiger partial charge is 0.339 e. The van der Waals surface area contributed by atoms with Gasteiger partial charge in [-0.25, -0.2) is 0 Å². The minimum Gasteiger partial charge on any atom is -0.339 e. The molecule has 2 amide bonds. The van der Waals surface area contributed by atoms with Gasteiger partial charge in [-0.1, -0.05) is 44.2 Å². The fraction of sp³-hybridized carbons (Fsp3) is 0.417. The predicted molar refractivity (Wildman–Crippen MR) is 116 cm³/mol. The molecule has 0 atom stereocenters. The van der Waals surface area contributed by atoms with E-state index in [1.165, 1.54) is 0 Å². The summed E-state index contributed by atoms with van der Waals surface area (Å²) >= 11 is 0. The minimum atomic E-state index is 0.0396. The first-order valence-electron chi connectivity index (χ1n) is 10.3. The lowest BCUT2D eigenvalue weighted by Gasteiger charge is -2.22. The Labute approximate surface area is 169 Å². The first kappa shape index (κ1) is 21.7. The number of carbonyl (C=O) groups excluding carboxylic acids is 2. The summed E-state index contributed by atoms with van der Waals surface area (Å²) < 4.78 is 0. The van der Waals surface area contributed by atoms with Gasteiger partial charge in [0.15, 0.2) is 0 Å². The zero-order chi connectivity index (χ0) is 20.5. The third kappa shape index (κ3) is 5.00. The summed E-state index contributed by atoms with van der Waals surface area (Å²) in [5.41, 5.74) is 3.24. The van der Waals surface area contributed by atoms with Gasteiger partial charge in [-0.3, -0.25) is 9.59 Å². The molecule has 0 heterocycles. The van der Waals surface area contributed by atoms with Crippen molar-refractivity contribution < 1.29 is 9.59 Å². The highest BCUT2D eigenvalue weighted by atomic mass is 16.2. The molecule has 0 aliphatic heterocycles. The summed E-state index contributed by atoms with van der Waals surface area (Å²) in [7, 11) is 0. The maximum atomic E-state index is 12.9. The van der Waals surface area contributed by atoms with E-state index < -0.39 is 0 Å². The van der Waals surface area contributed by atoms with Crippen LogP contribution in [0.4, 0.5) is 0 Å². The number of nitrogens with zero attached hydrogens (tertiary/aromatic N) is 2. The zero-order valence-corrected chi connectivity index (χ0v) is 17.6. The highest BCUT2D eigenvalue weighted by Gasteiger charge is 2.18. The second-order valence-electron chi connectivity index (χ2n) is 6.89. The van der Waals surface area contributed by atoms with Gasteiger partial charge in [-0.2, -0.15) is 0 Å². The average Bonchev–Trinajstić information content (AvgIpc) is 2.74. The lowest BCUT2D eigenvalue weighted by molar-refractivity contribution is 0.0752. The maximum absolute atomic E-state index is 12.9. The van der Waals surface area contributed by atoms with Crippen molar-refractivity contribution in [1.82, 2.24) is 9.80 Å². The van der Waals surface area contributed by atoms with Gasteiger partial charge in [0.2, 0.25) is 0 Å². The second-order valence-corrected chi connectivity index (χ2v) is 6.89. The molecule has 0 N–H and O–H groups in total. The molecule has 0 spiro atoms. The first-order chi connectivity index (χ1) is 13.6. The monoisotopic (exact) mass is 380 g/mol. The Morgan fingerprint density at radius 1 is 0.714 bits per heavy atom. The van der Waals surface area contributed by atoms with Gasteiger partial charge in [0.05, 0.1) is 0 Å². The van der Waals surface area contributed by atoms with Gasteiger partial charge in [-0.05, 0) is 56.0 Å². The number of amides is 2. The molecule has 0 unspecified atom stereocenters. The molecule has 0 aliphatic carbocycles. The van der Waals surface area contributed by atoms with E-state index in [-0.39, 0.29) is 11.8 Å². The van der Waals surface area contributed by atoms with E-state index in [1.807, 2.05) is 72.2 Å². The summed E-state index contributed by atoms with van der Waals surface area (Å²) in [4.78, 5) is 29.4. The number of benzene rings is 2. The smallest absolute Gasteiger partial charge is 0.254 e. The molecule has 2 aromatic carbocycles. The second kappa shape index (κ2) is 10.6. The highest BCUT2D eigenvalue weighted by molar-refractivity contribution is 6.01. The molecular formula is C24H32N2O2. The van der Waals surface area contributed by atoms with Gasteiger partial charge in [0.25, 0.3) is 11.8 Å². The molecule has 0 bridgehead atoms. The Morgan fingerprint density at radius 2 is 1.29 bits per heavy atom. The van der Waals surface area contributed by atoms with Crippen molar-refractivity contribution in [2.24, 2.45) is 0 Å². The highest BCUT2D eigenvalue weighted by Crippen LogP contribution is 2.25. The SMILES string of the molecule is CCCN(CCC)C(=O)c1ccc(-c2ccccc2C(=O)N(CC)CC)cc1. The molecule has 0 saturated heterocycles. The lowest BCUT2D eigenvalue weighted by atomic mass is 9.97. The molecule has 0 aliphatic rings.